The van der Waals surface area contributed by atoms with Crippen LogP contribution in [0.4, 0.5) is 0 Å². The highest BCUT2D eigenvalue weighted by Gasteiger charge is 2.39. The number of hydrogen-bond acceptors (Lipinski definition) is 3. The van der Waals surface area contributed by atoms with E-state index in [1.165, 1.54) is 22.5 Å². The standard InChI is InChI=1S/C22H24N2O3S/c1-3-24-19-7-5-4-6-17(19)18-14-16(8-10-20(18)24)9-11-21(25)23-22(2)12-13-28(26,27)15-22/h4-11,14H,3,12-13,15H2,1-2H3,(H,23,25)/b11-9+. The highest BCUT2D eigenvalue weighted by atomic mass is 32.2. The first-order chi connectivity index (χ1) is 13.3. The number of carbonyl (C=O) groups is 1. The summed E-state index contributed by atoms with van der Waals surface area (Å²) in [5.41, 5.74) is 2.63. The first-order valence-corrected chi connectivity index (χ1v) is 11.3. The highest BCUT2D eigenvalue weighted by molar-refractivity contribution is 7.91. The van der Waals surface area contributed by atoms with E-state index in [9.17, 15) is 13.2 Å². The van der Waals surface area contributed by atoms with Gasteiger partial charge >= 0.3 is 0 Å². The van der Waals surface area contributed by atoms with Gasteiger partial charge in [0.1, 0.15) is 0 Å². The summed E-state index contributed by atoms with van der Waals surface area (Å²) in [5, 5.41) is 5.21. The number of sulfone groups is 1. The molecule has 0 saturated carbocycles. The summed E-state index contributed by atoms with van der Waals surface area (Å²) in [7, 11) is -3.05. The molecule has 0 aliphatic carbocycles. The van der Waals surface area contributed by atoms with Crippen molar-refractivity contribution in [3.63, 3.8) is 0 Å². The summed E-state index contributed by atoms with van der Waals surface area (Å²) >= 11 is 0. The van der Waals surface area contributed by atoms with Crippen LogP contribution in [0.2, 0.25) is 0 Å². The van der Waals surface area contributed by atoms with Crippen molar-refractivity contribution in [3.05, 3.63) is 54.1 Å². The maximum Gasteiger partial charge on any atom is 0.244 e. The minimum atomic E-state index is -3.05. The van der Waals surface area contributed by atoms with Crippen LogP contribution in [0.1, 0.15) is 25.8 Å². The lowest BCUT2D eigenvalue weighted by molar-refractivity contribution is -0.117. The van der Waals surface area contributed by atoms with Crippen LogP contribution >= 0.6 is 0 Å². The zero-order valence-corrected chi connectivity index (χ0v) is 16.9. The number of aromatic nitrogens is 1. The number of nitrogens with one attached hydrogen (secondary N) is 1. The van der Waals surface area contributed by atoms with Crippen molar-refractivity contribution in [2.75, 3.05) is 11.5 Å². The number of benzene rings is 2. The fraction of sp³-hybridized carbons (Fsp3) is 0.318. The lowest BCUT2D eigenvalue weighted by Crippen LogP contribution is -2.46. The molecule has 1 unspecified atom stereocenters. The fourth-order valence-corrected chi connectivity index (χ4v) is 6.23. The van der Waals surface area contributed by atoms with Crippen LogP contribution in [-0.4, -0.2) is 35.9 Å². The minimum absolute atomic E-state index is 0.00205. The van der Waals surface area contributed by atoms with E-state index in [1.807, 2.05) is 18.2 Å². The van der Waals surface area contributed by atoms with E-state index < -0.39 is 15.4 Å². The Bertz CT molecular complexity index is 1210. The molecule has 1 saturated heterocycles. The van der Waals surface area contributed by atoms with Gasteiger partial charge in [-0.05, 0) is 50.1 Å². The molecule has 1 aromatic heterocycles. The van der Waals surface area contributed by atoms with Gasteiger partial charge in [0.25, 0.3) is 0 Å². The lowest BCUT2D eigenvalue weighted by Gasteiger charge is -2.22. The van der Waals surface area contributed by atoms with Crippen LogP contribution in [-0.2, 0) is 21.2 Å². The van der Waals surface area contributed by atoms with Crippen molar-refractivity contribution >= 4 is 43.6 Å². The Morgan fingerprint density at radius 2 is 1.93 bits per heavy atom. The largest absolute Gasteiger partial charge is 0.346 e. The molecule has 0 radical (unpaired) electrons. The van der Waals surface area contributed by atoms with Crippen LogP contribution in [0, 0.1) is 0 Å². The van der Waals surface area contributed by atoms with Gasteiger partial charge in [-0.2, -0.15) is 0 Å². The van der Waals surface area contributed by atoms with Crippen molar-refractivity contribution in [2.24, 2.45) is 0 Å². The summed E-state index contributed by atoms with van der Waals surface area (Å²) in [6.45, 7) is 4.81. The van der Waals surface area contributed by atoms with Crippen molar-refractivity contribution in [2.45, 2.75) is 32.4 Å². The molecule has 4 rings (SSSR count). The Hall–Kier alpha value is -2.60. The summed E-state index contributed by atoms with van der Waals surface area (Å²) in [4.78, 5) is 12.3. The van der Waals surface area contributed by atoms with Crippen LogP contribution in [0.15, 0.2) is 48.5 Å². The first kappa shape index (κ1) is 18.7. The Morgan fingerprint density at radius 1 is 1.18 bits per heavy atom. The van der Waals surface area contributed by atoms with Crippen LogP contribution in [0.3, 0.4) is 0 Å². The Morgan fingerprint density at radius 3 is 2.64 bits per heavy atom. The van der Waals surface area contributed by atoms with E-state index >= 15 is 0 Å². The molecule has 0 bridgehead atoms. The molecule has 146 valence electrons. The summed E-state index contributed by atoms with van der Waals surface area (Å²) < 4.78 is 25.7. The molecule has 28 heavy (non-hydrogen) atoms. The molecule has 1 fully saturated rings. The number of nitrogens with zero attached hydrogens (tertiary/aromatic N) is 1. The summed E-state index contributed by atoms with van der Waals surface area (Å²) in [6.07, 6.45) is 3.72. The van der Waals surface area contributed by atoms with Gasteiger partial charge in [0.05, 0.1) is 17.0 Å². The van der Waals surface area contributed by atoms with Crippen molar-refractivity contribution in [1.82, 2.24) is 9.88 Å². The molecular formula is C22H24N2O3S. The van der Waals surface area contributed by atoms with E-state index in [-0.39, 0.29) is 17.4 Å². The van der Waals surface area contributed by atoms with Crippen molar-refractivity contribution in [1.29, 1.82) is 0 Å². The zero-order valence-electron chi connectivity index (χ0n) is 16.1. The Labute approximate surface area is 165 Å². The molecule has 1 N–H and O–H groups in total. The molecule has 1 aliphatic rings. The van der Waals surface area contributed by atoms with Gasteiger partial charge in [0.2, 0.25) is 5.91 Å². The maximum absolute atomic E-state index is 12.3. The highest BCUT2D eigenvalue weighted by Crippen LogP contribution is 2.30. The third-order valence-electron chi connectivity index (χ3n) is 5.47. The first-order valence-electron chi connectivity index (χ1n) is 9.52. The van der Waals surface area contributed by atoms with Gasteiger partial charge in [-0.1, -0.05) is 24.3 Å². The summed E-state index contributed by atoms with van der Waals surface area (Å²) in [6, 6.07) is 14.5. The SMILES string of the molecule is CCn1c2ccccc2c2cc(/C=C/C(=O)NC3(C)CCS(=O)(=O)C3)ccc21. The van der Waals surface area contributed by atoms with Crippen LogP contribution in [0.5, 0.6) is 0 Å². The summed E-state index contributed by atoms with van der Waals surface area (Å²) in [5.74, 6) is -0.135. The molecule has 0 spiro atoms. The number of para-hydroxylation sites is 1. The fourth-order valence-electron chi connectivity index (χ4n) is 4.14. The molecule has 5 nitrogen and oxygen atoms in total. The monoisotopic (exact) mass is 396 g/mol. The third kappa shape index (κ3) is 3.44. The second-order valence-electron chi connectivity index (χ2n) is 7.76. The van der Waals surface area contributed by atoms with Gasteiger partial charge in [0, 0.05) is 34.4 Å². The lowest BCUT2D eigenvalue weighted by atomic mass is 10.0. The maximum atomic E-state index is 12.3. The normalized spacial score (nSPS) is 21.6. The predicted molar refractivity (Wildman–Crippen MR) is 114 cm³/mol. The molecule has 2 aromatic carbocycles. The van der Waals surface area contributed by atoms with Crippen molar-refractivity contribution < 1.29 is 13.2 Å². The zero-order chi connectivity index (χ0) is 19.9. The molecule has 1 atom stereocenters. The number of rotatable bonds is 4. The van der Waals surface area contributed by atoms with E-state index in [2.05, 4.69) is 41.1 Å². The average Bonchev–Trinajstić information content (AvgIpc) is 3.12. The molecule has 1 amide bonds. The number of fused-ring (bicyclic) bond motifs is 3. The van der Waals surface area contributed by atoms with E-state index in [1.54, 1.807) is 13.0 Å². The van der Waals surface area contributed by atoms with Gasteiger partial charge in [-0.3, -0.25) is 4.79 Å². The van der Waals surface area contributed by atoms with E-state index in [0.29, 0.717) is 6.42 Å². The van der Waals surface area contributed by atoms with Gasteiger partial charge in [0.15, 0.2) is 9.84 Å². The van der Waals surface area contributed by atoms with Gasteiger partial charge in [-0.15, -0.1) is 0 Å². The number of carbonyl (C=O) groups excluding carboxylic acids is 1. The van der Waals surface area contributed by atoms with E-state index in [0.717, 1.165) is 17.5 Å². The predicted octanol–water partition coefficient (Wildman–Crippen LogP) is 3.52. The van der Waals surface area contributed by atoms with E-state index in [4.69, 9.17) is 0 Å². The number of amides is 1. The molecule has 1 aliphatic heterocycles. The van der Waals surface area contributed by atoms with Crippen LogP contribution < -0.4 is 5.32 Å². The molecular weight excluding hydrogens is 372 g/mol. The number of aryl methyl sites for hydroxylation is 1. The quantitative estimate of drug-likeness (QED) is 0.686. The van der Waals surface area contributed by atoms with Gasteiger partial charge in [-0.25, -0.2) is 8.42 Å². The second-order valence-corrected chi connectivity index (χ2v) is 9.95. The smallest absolute Gasteiger partial charge is 0.244 e. The molecule has 6 heteroatoms. The van der Waals surface area contributed by atoms with Gasteiger partial charge < -0.3 is 9.88 Å². The Balaban J connectivity index is 1.60. The topological polar surface area (TPSA) is 68.2 Å². The molecule has 2 heterocycles. The van der Waals surface area contributed by atoms with Crippen molar-refractivity contribution in [3.8, 4) is 0 Å². The third-order valence-corrected chi connectivity index (χ3v) is 7.37. The Kier molecular flexibility index (Phi) is 4.54. The molecule has 3 aromatic rings. The average molecular weight is 397 g/mol. The number of hydrogen-bond donors (Lipinski definition) is 1. The second kappa shape index (κ2) is 6.78. The minimum Gasteiger partial charge on any atom is -0.346 e. The van der Waals surface area contributed by atoms with Crippen LogP contribution in [0.25, 0.3) is 27.9 Å².